The third-order valence-corrected chi connectivity index (χ3v) is 70.5. The fourth-order valence-corrected chi connectivity index (χ4v) is 84.3. The Morgan fingerprint density at radius 1 is 0.230 bits per heavy atom. The Morgan fingerprint density at radius 2 is 0.425 bits per heavy atom. The normalized spacial score (nSPS) is 28.0. The van der Waals surface area contributed by atoms with E-state index < -0.39 is 89.9 Å². The van der Waals surface area contributed by atoms with Gasteiger partial charge in [0.1, 0.15) is 0 Å². The topological polar surface area (TPSA) is 111 Å². The van der Waals surface area contributed by atoms with Crippen molar-refractivity contribution in [2.45, 2.75) is 422 Å². The molecule has 6 bridgehead atoms. The summed E-state index contributed by atoms with van der Waals surface area (Å²) in [6, 6.07) is 4.59. The van der Waals surface area contributed by atoms with Crippen LogP contribution in [0.4, 0.5) is 0 Å². The summed E-state index contributed by atoms with van der Waals surface area (Å²) in [4.78, 5) is 0. The molecule has 4 fully saturated rings. The van der Waals surface area contributed by atoms with E-state index in [4.69, 9.17) is 46.7 Å². The second-order valence-corrected chi connectivity index (χ2v) is 63.2. The summed E-state index contributed by atoms with van der Waals surface area (Å²) >= 11 is -4.53. The predicted molar refractivity (Wildman–Crippen MR) is 385 cm³/mol. The van der Waals surface area contributed by atoms with Gasteiger partial charge in [0.2, 0.25) is 0 Å². The van der Waals surface area contributed by atoms with E-state index in [0.717, 1.165) is 124 Å². The maximum absolute atomic E-state index is 8.68. The Bertz CT molecular complexity index is 1630. The second kappa shape index (κ2) is 46.3. The molecule has 0 aromatic heterocycles. The third kappa shape index (κ3) is 30.6. The Labute approximate surface area is 554 Å². The van der Waals surface area contributed by atoms with Crippen LogP contribution in [-0.4, -0.2) is 89.9 Å². The molecule has 0 spiro atoms. The molecule has 12 nitrogen and oxygen atoms in total. The van der Waals surface area contributed by atoms with E-state index in [1.807, 2.05) is 0 Å². The first kappa shape index (κ1) is 81.5. The predicted octanol–water partition coefficient (Wildman–Crippen LogP) is 23.4. The van der Waals surface area contributed by atoms with E-state index in [9.17, 15) is 0 Å². The molecule has 21 heteroatoms. The maximum atomic E-state index is 8.68. The first-order valence-electron chi connectivity index (χ1n) is 38.6. The summed E-state index contributed by atoms with van der Waals surface area (Å²) in [7, 11) is -29.8. The van der Waals surface area contributed by atoms with Crippen LogP contribution >= 0.6 is 0 Å². The monoisotopic (exact) mass is 1470 g/mol. The van der Waals surface area contributed by atoms with Gasteiger partial charge in [-0.2, -0.15) is 0 Å². The quantitative estimate of drug-likeness (QED) is 0.0427. The zero-order valence-corrected chi connectivity index (χ0v) is 70.4. The molecule has 4 unspecified atom stereocenters. The van der Waals surface area contributed by atoms with E-state index in [1.165, 1.54) is 180 Å². The molecular formula is C66H144O12Si8Sn. The van der Waals surface area contributed by atoms with Crippen LogP contribution in [0.2, 0.25) is 64.3 Å². The summed E-state index contributed by atoms with van der Waals surface area (Å²) in [5, 5.41) is 0. The molecule has 0 aromatic rings. The van der Waals surface area contributed by atoms with E-state index in [2.05, 4.69) is 75.4 Å². The van der Waals surface area contributed by atoms with Crippen molar-refractivity contribution < 1.29 is 46.7 Å². The molecule has 0 N–H and O–H groups in total. The van der Waals surface area contributed by atoms with Crippen LogP contribution < -0.4 is 0 Å². The Hall–Kier alpha value is 2.05. The summed E-state index contributed by atoms with van der Waals surface area (Å²) in [5.41, 5.74) is 0. The van der Waals surface area contributed by atoms with E-state index in [-0.39, 0.29) is 0 Å². The van der Waals surface area contributed by atoms with Crippen LogP contribution in [0.3, 0.4) is 0 Å². The minimum atomic E-state index is -4.53. The standard InChI is InChI=1S/C58H126O12Si8.2C4H9.Sn/c1-10-17-24-31-38-45-52-72(59)62-75(55-48-41-34-27-20-13-4)63-73(60,53-46-39-32-25-18-11-2)65-77(57-50-43-36-29-22-15-6)67-74(61-71(8)9,54-47-40-33-26-19-12-3)66-76(64-72,56-49-42-35-28-21-14-5)69-78(68-75,70-77)58-51-44-37-30-23-16-7;2*1-3-4-2;/h71H,10-58H2,1-9H3;2*1,3-4H2,2H3;/q-2;;;+2. The van der Waals surface area contributed by atoms with Crippen molar-refractivity contribution in [2.75, 3.05) is 0 Å². The third-order valence-electron chi connectivity index (χ3n) is 18.6. The van der Waals surface area contributed by atoms with Crippen LogP contribution in [-0.2, 0) is 46.7 Å². The van der Waals surface area contributed by atoms with Crippen LogP contribution in [0.5, 0.6) is 0 Å². The van der Waals surface area contributed by atoms with Crippen LogP contribution in [0, 0.1) is 0 Å². The first-order valence-corrected chi connectivity index (χ1v) is 61.3. The molecular weight excluding hydrogens is 1330 g/mol. The van der Waals surface area contributed by atoms with Crippen molar-refractivity contribution in [3.63, 3.8) is 0 Å². The number of hydrogen-bond acceptors (Lipinski definition) is 12. The van der Waals surface area contributed by atoms with Gasteiger partial charge in [0.25, 0.3) is 0 Å². The van der Waals surface area contributed by atoms with Gasteiger partial charge in [-0.25, -0.2) is 0 Å². The second-order valence-electron chi connectivity index (χ2n) is 27.8. The Kier molecular flexibility index (Phi) is 43.4. The average molecular weight is 1470 g/mol. The Morgan fingerprint density at radius 3 is 0.667 bits per heavy atom. The molecule has 0 amide bonds. The minimum absolute atomic E-state index is 0.634. The zero-order valence-electron chi connectivity index (χ0n) is 59.4. The van der Waals surface area contributed by atoms with Gasteiger partial charge < -0.3 is 0 Å². The first-order chi connectivity index (χ1) is 42.2. The molecule has 0 aromatic carbocycles. The fourth-order valence-electron chi connectivity index (χ4n) is 13.7. The van der Waals surface area contributed by atoms with Crippen LogP contribution in [0.25, 0.3) is 0 Å². The molecule has 4 aliphatic heterocycles. The number of hydrogen-bond donors (Lipinski definition) is 0. The van der Waals surface area contributed by atoms with Crippen LogP contribution in [0.1, 0.15) is 358 Å². The number of unbranched alkanes of at least 4 members (excludes halogenated alkanes) is 37. The van der Waals surface area contributed by atoms with Crippen molar-refractivity contribution in [3.8, 4) is 0 Å². The summed E-state index contributed by atoms with van der Waals surface area (Å²) in [6.07, 6.45) is 52.3. The van der Waals surface area contributed by atoms with E-state index in [1.54, 1.807) is 0 Å². The van der Waals surface area contributed by atoms with Crippen LogP contribution in [0.15, 0.2) is 0 Å². The molecule has 4 aliphatic rings. The van der Waals surface area contributed by atoms with Gasteiger partial charge in [0.05, 0.1) is 0 Å². The number of fused-ring (bicyclic) bond motifs is 4. The SMILES string of the molecule is CCCCCCCC[Si]1(O[SiH](C)C)O[Si]2(CCCCCCCC)O[Si]3(CCCCCCCC)O[Si](CCCCCCCC)(O1)O[Si]1(CCCCCCCC)O[Si](CCCCCCCC)(O3)O[Si](CCCCCCCC)(O2)[O][Sn]([CH2]CCC)([CH2]CCC)[O]1. The molecule has 0 aliphatic carbocycles. The van der Waals surface area contributed by atoms with Gasteiger partial charge in [-0.05, 0) is 0 Å². The van der Waals surface area contributed by atoms with Crippen molar-refractivity contribution >= 4 is 89.9 Å². The van der Waals surface area contributed by atoms with Gasteiger partial charge in [0.15, 0.2) is 0 Å². The average Bonchev–Trinajstić information content (AvgIpc) is 0.743. The molecule has 0 radical (unpaired) electrons. The summed E-state index contributed by atoms with van der Waals surface area (Å²) in [6.45, 7) is 25.5. The van der Waals surface area contributed by atoms with Gasteiger partial charge >= 0.3 is 532 Å². The Balaban J connectivity index is 2.26. The van der Waals surface area contributed by atoms with E-state index >= 15 is 0 Å². The summed E-state index contributed by atoms with van der Waals surface area (Å²) in [5.74, 6) is 0. The van der Waals surface area contributed by atoms with Crippen molar-refractivity contribution in [1.82, 2.24) is 0 Å². The molecule has 4 saturated heterocycles. The summed E-state index contributed by atoms with van der Waals surface area (Å²) < 4.78 is 104. The molecule has 0 saturated carbocycles. The van der Waals surface area contributed by atoms with Crippen molar-refractivity contribution in [1.29, 1.82) is 0 Å². The molecule has 4 heterocycles. The van der Waals surface area contributed by atoms with Crippen molar-refractivity contribution in [3.05, 3.63) is 0 Å². The molecule has 516 valence electrons. The molecule has 4 rings (SSSR count). The molecule has 87 heavy (non-hydrogen) atoms. The number of rotatable bonds is 57. The fraction of sp³-hybridized carbons (Fsp3) is 1.00. The van der Waals surface area contributed by atoms with Crippen molar-refractivity contribution in [2.24, 2.45) is 0 Å². The van der Waals surface area contributed by atoms with Gasteiger partial charge in [-0.1, -0.05) is 26.7 Å². The molecule has 4 atom stereocenters. The van der Waals surface area contributed by atoms with E-state index in [0.29, 0.717) is 42.3 Å². The zero-order chi connectivity index (χ0) is 63.0. The van der Waals surface area contributed by atoms with Gasteiger partial charge in [-0.15, -0.1) is 0 Å². The van der Waals surface area contributed by atoms with Gasteiger partial charge in [-0.3, -0.25) is 0 Å². The van der Waals surface area contributed by atoms with Gasteiger partial charge in [0, 0.05) is 0 Å².